The van der Waals surface area contributed by atoms with Crippen LogP contribution in [-0.2, 0) is 6.42 Å². The topological polar surface area (TPSA) is 72.4 Å². The van der Waals surface area contributed by atoms with Crippen molar-refractivity contribution in [2.75, 3.05) is 13.6 Å². The standard InChI is InChI=1S/C15H23N3O2/c1-17(14-8-6-13(16)7-9-14)11-10-12-4-2-3-5-15(12)18(19)20/h2-5,13-14H,6-11,16H2,1H3. The Bertz CT molecular complexity index is 456. The lowest BCUT2D eigenvalue weighted by molar-refractivity contribution is -0.385. The Morgan fingerprint density at radius 2 is 1.95 bits per heavy atom. The first kappa shape index (κ1) is 14.9. The number of para-hydroxylation sites is 1. The highest BCUT2D eigenvalue weighted by molar-refractivity contribution is 5.39. The van der Waals surface area contributed by atoms with Crippen molar-refractivity contribution in [3.05, 3.63) is 39.9 Å². The zero-order valence-corrected chi connectivity index (χ0v) is 12.0. The quantitative estimate of drug-likeness (QED) is 0.662. The summed E-state index contributed by atoms with van der Waals surface area (Å²) in [4.78, 5) is 13.0. The van der Waals surface area contributed by atoms with Crippen LogP contribution >= 0.6 is 0 Å². The van der Waals surface area contributed by atoms with E-state index in [4.69, 9.17) is 5.73 Å². The molecule has 1 aromatic rings. The van der Waals surface area contributed by atoms with E-state index in [2.05, 4.69) is 11.9 Å². The Morgan fingerprint density at radius 1 is 1.30 bits per heavy atom. The van der Waals surface area contributed by atoms with Crippen molar-refractivity contribution in [1.29, 1.82) is 0 Å². The Morgan fingerprint density at radius 3 is 2.60 bits per heavy atom. The molecule has 5 nitrogen and oxygen atoms in total. The Labute approximate surface area is 119 Å². The van der Waals surface area contributed by atoms with E-state index in [1.54, 1.807) is 12.1 Å². The molecule has 0 bridgehead atoms. The first-order valence-electron chi connectivity index (χ1n) is 7.26. The third-order valence-electron chi connectivity index (χ3n) is 4.29. The number of rotatable bonds is 5. The fourth-order valence-corrected chi connectivity index (χ4v) is 2.92. The molecule has 20 heavy (non-hydrogen) atoms. The predicted molar refractivity (Wildman–Crippen MR) is 79.7 cm³/mol. The summed E-state index contributed by atoms with van der Waals surface area (Å²) in [6.45, 7) is 0.852. The van der Waals surface area contributed by atoms with Crippen LogP contribution < -0.4 is 5.73 Å². The van der Waals surface area contributed by atoms with Crippen LogP contribution in [0.3, 0.4) is 0 Å². The summed E-state index contributed by atoms with van der Waals surface area (Å²) in [6, 6.07) is 7.93. The van der Waals surface area contributed by atoms with Crippen molar-refractivity contribution in [2.45, 2.75) is 44.2 Å². The van der Waals surface area contributed by atoms with Crippen LogP contribution in [0.5, 0.6) is 0 Å². The normalized spacial score (nSPS) is 22.9. The van der Waals surface area contributed by atoms with Crippen LogP contribution in [0.15, 0.2) is 24.3 Å². The minimum absolute atomic E-state index is 0.228. The average Bonchev–Trinajstić information content (AvgIpc) is 2.45. The van der Waals surface area contributed by atoms with E-state index in [-0.39, 0.29) is 10.6 Å². The molecule has 1 aromatic carbocycles. The van der Waals surface area contributed by atoms with Gasteiger partial charge in [-0.05, 0) is 39.2 Å². The highest BCUT2D eigenvalue weighted by Crippen LogP contribution is 2.23. The lowest BCUT2D eigenvalue weighted by atomic mass is 9.91. The van der Waals surface area contributed by atoms with E-state index in [0.29, 0.717) is 12.1 Å². The van der Waals surface area contributed by atoms with Crippen LogP contribution in [0.2, 0.25) is 0 Å². The second-order valence-corrected chi connectivity index (χ2v) is 5.69. The second kappa shape index (κ2) is 6.81. The number of hydrogen-bond donors (Lipinski definition) is 1. The molecular formula is C15H23N3O2. The molecule has 0 heterocycles. The maximum Gasteiger partial charge on any atom is 0.272 e. The third kappa shape index (κ3) is 3.77. The van der Waals surface area contributed by atoms with E-state index in [9.17, 15) is 10.1 Å². The van der Waals surface area contributed by atoms with Gasteiger partial charge in [0.05, 0.1) is 4.92 Å². The Kier molecular flexibility index (Phi) is 5.09. The number of nitro groups is 1. The minimum Gasteiger partial charge on any atom is -0.328 e. The van der Waals surface area contributed by atoms with Gasteiger partial charge in [0.2, 0.25) is 0 Å². The number of benzene rings is 1. The van der Waals surface area contributed by atoms with Gasteiger partial charge in [-0.3, -0.25) is 10.1 Å². The maximum atomic E-state index is 11.0. The average molecular weight is 277 g/mol. The molecule has 0 radical (unpaired) electrons. The largest absolute Gasteiger partial charge is 0.328 e. The molecule has 1 aliphatic rings. The second-order valence-electron chi connectivity index (χ2n) is 5.69. The van der Waals surface area contributed by atoms with Gasteiger partial charge in [0.1, 0.15) is 0 Å². The zero-order valence-electron chi connectivity index (χ0n) is 12.0. The molecule has 0 spiro atoms. The lowest BCUT2D eigenvalue weighted by Gasteiger charge is -2.33. The molecule has 0 aliphatic heterocycles. The zero-order chi connectivity index (χ0) is 14.5. The minimum atomic E-state index is -0.297. The molecule has 1 aliphatic carbocycles. The van der Waals surface area contributed by atoms with Crippen molar-refractivity contribution in [3.63, 3.8) is 0 Å². The van der Waals surface area contributed by atoms with Crippen LogP contribution in [0.25, 0.3) is 0 Å². The lowest BCUT2D eigenvalue weighted by Crippen LogP contribution is -2.39. The molecule has 0 unspecified atom stereocenters. The summed E-state index contributed by atoms with van der Waals surface area (Å²) in [6.07, 6.45) is 5.15. The molecule has 5 heteroatoms. The van der Waals surface area contributed by atoms with Gasteiger partial charge in [0.25, 0.3) is 5.69 Å². The van der Waals surface area contributed by atoms with Crippen LogP contribution in [0.1, 0.15) is 31.2 Å². The number of likely N-dealkylation sites (N-methyl/N-ethyl adjacent to an activating group) is 1. The summed E-state index contributed by atoms with van der Waals surface area (Å²) >= 11 is 0. The highest BCUT2D eigenvalue weighted by Gasteiger charge is 2.22. The summed E-state index contributed by atoms with van der Waals surface area (Å²) in [5.41, 5.74) is 6.97. The monoisotopic (exact) mass is 277 g/mol. The third-order valence-corrected chi connectivity index (χ3v) is 4.29. The molecule has 0 amide bonds. The van der Waals surface area contributed by atoms with Gasteiger partial charge in [-0.15, -0.1) is 0 Å². The maximum absolute atomic E-state index is 11.0. The summed E-state index contributed by atoms with van der Waals surface area (Å²) in [7, 11) is 2.11. The predicted octanol–water partition coefficient (Wildman–Crippen LogP) is 2.34. The van der Waals surface area contributed by atoms with E-state index >= 15 is 0 Å². The van der Waals surface area contributed by atoms with Gasteiger partial charge in [-0.2, -0.15) is 0 Å². The van der Waals surface area contributed by atoms with Crippen molar-refractivity contribution in [1.82, 2.24) is 4.90 Å². The first-order valence-corrected chi connectivity index (χ1v) is 7.26. The van der Waals surface area contributed by atoms with Gasteiger partial charge >= 0.3 is 0 Å². The number of nitrogens with two attached hydrogens (primary N) is 1. The first-order chi connectivity index (χ1) is 9.58. The fourth-order valence-electron chi connectivity index (χ4n) is 2.92. The fraction of sp³-hybridized carbons (Fsp3) is 0.600. The van der Waals surface area contributed by atoms with Gasteiger partial charge < -0.3 is 10.6 Å². The highest BCUT2D eigenvalue weighted by atomic mass is 16.6. The smallest absolute Gasteiger partial charge is 0.272 e. The number of nitrogens with zero attached hydrogens (tertiary/aromatic N) is 2. The molecule has 0 aromatic heterocycles. The van der Waals surface area contributed by atoms with Gasteiger partial charge in [-0.25, -0.2) is 0 Å². The van der Waals surface area contributed by atoms with Crippen molar-refractivity contribution >= 4 is 5.69 Å². The van der Waals surface area contributed by atoms with Crippen LogP contribution in [-0.4, -0.2) is 35.5 Å². The van der Waals surface area contributed by atoms with Crippen LogP contribution in [0, 0.1) is 10.1 Å². The van der Waals surface area contributed by atoms with Crippen molar-refractivity contribution < 1.29 is 4.92 Å². The Balaban J connectivity index is 1.90. The molecule has 0 atom stereocenters. The summed E-state index contributed by atoms with van der Waals surface area (Å²) < 4.78 is 0. The number of nitro benzene ring substituents is 1. The number of hydrogen-bond acceptors (Lipinski definition) is 4. The van der Waals surface area contributed by atoms with E-state index in [1.165, 1.54) is 0 Å². The molecule has 110 valence electrons. The van der Waals surface area contributed by atoms with Crippen molar-refractivity contribution in [2.24, 2.45) is 5.73 Å². The van der Waals surface area contributed by atoms with Crippen molar-refractivity contribution in [3.8, 4) is 0 Å². The van der Waals surface area contributed by atoms with Gasteiger partial charge in [0.15, 0.2) is 0 Å². The van der Waals surface area contributed by atoms with Gasteiger partial charge in [0, 0.05) is 30.3 Å². The van der Waals surface area contributed by atoms with Gasteiger partial charge in [-0.1, -0.05) is 18.2 Å². The molecular weight excluding hydrogens is 254 g/mol. The summed E-state index contributed by atoms with van der Waals surface area (Å²) in [5.74, 6) is 0. The Hall–Kier alpha value is -1.46. The van der Waals surface area contributed by atoms with E-state index in [0.717, 1.165) is 44.2 Å². The molecule has 2 N–H and O–H groups in total. The summed E-state index contributed by atoms with van der Waals surface area (Å²) in [5, 5.41) is 11.0. The van der Waals surface area contributed by atoms with E-state index < -0.39 is 0 Å². The van der Waals surface area contributed by atoms with Crippen LogP contribution in [0.4, 0.5) is 5.69 Å². The molecule has 2 rings (SSSR count). The van der Waals surface area contributed by atoms with E-state index in [1.807, 2.05) is 12.1 Å². The molecule has 0 saturated heterocycles. The SMILES string of the molecule is CN(CCc1ccccc1[N+](=O)[O-])C1CCC(N)CC1. The molecule has 1 saturated carbocycles. The molecule has 1 fully saturated rings.